The molecule has 2 atom stereocenters. The van der Waals surface area contributed by atoms with Gasteiger partial charge in [-0.3, -0.25) is 4.79 Å². The molecular weight excluding hydrogens is 442 g/mol. The lowest BCUT2D eigenvalue weighted by Crippen LogP contribution is -2.55. The van der Waals surface area contributed by atoms with Crippen LogP contribution in [0.15, 0.2) is 48.8 Å². The Kier molecular flexibility index (Phi) is 6.21. The van der Waals surface area contributed by atoms with E-state index in [9.17, 15) is 9.59 Å². The fourth-order valence-electron chi connectivity index (χ4n) is 5.37. The van der Waals surface area contributed by atoms with E-state index in [0.717, 1.165) is 43.4 Å². The number of likely N-dealkylation sites (tertiary alicyclic amines) is 2. The van der Waals surface area contributed by atoms with Crippen molar-refractivity contribution in [3.05, 3.63) is 54.4 Å². The first-order chi connectivity index (χ1) is 16.8. The van der Waals surface area contributed by atoms with Crippen LogP contribution in [0, 0.1) is 0 Å². The summed E-state index contributed by atoms with van der Waals surface area (Å²) in [6.45, 7) is 6.98. The lowest BCUT2D eigenvalue weighted by molar-refractivity contribution is 0.00768. The van der Waals surface area contributed by atoms with E-state index in [2.05, 4.69) is 10.1 Å². The fraction of sp³-hybridized carbons (Fsp3) is 0.481. The molecule has 2 saturated heterocycles. The zero-order valence-corrected chi connectivity index (χ0v) is 20.7. The molecule has 2 aromatic heterocycles. The number of benzene rings is 1. The lowest BCUT2D eigenvalue weighted by Gasteiger charge is -2.42. The zero-order chi connectivity index (χ0) is 24.6. The van der Waals surface area contributed by atoms with E-state index < -0.39 is 5.60 Å². The van der Waals surface area contributed by atoms with Gasteiger partial charge in [0, 0.05) is 24.8 Å². The quantitative estimate of drug-likeness (QED) is 0.544. The SMILES string of the molecule is CC(C)(C)OC(=O)N1CCC[C@@H]1[C@H]1CCCCN1C(=O)c1cnn2c(-c3ccccc3)ccnc12. The van der Waals surface area contributed by atoms with Gasteiger partial charge in [0.2, 0.25) is 0 Å². The Morgan fingerprint density at radius 1 is 0.943 bits per heavy atom. The monoisotopic (exact) mass is 475 g/mol. The number of rotatable bonds is 3. The van der Waals surface area contributed by atoms with Gasteiger partial charge < -0.3 is 14.5 Å². The maximum absolute atomic E-state index is 13.9. The van der Waals surface area contributed by atoms with Gasteiger partial charge in [-0.1, -0.05) is 30.3 Å². The first kappa shape index (κ1) is 23.3. The van der Waals surface area contributed by atoms with Crippen molar-refractivity contribution >= 4 is 17.6 Å². The molecule has 3 aromatic rings. The highest BCUT2D eigenvalue weighted by Gasteiger charge is 2.42. The summed E-state index contributed by atoms with van der Waals surface area (Å²) in [5.74, 6) is -0.0709. The molecule has 0 spiro atoms. The number of fused-ring (bicyclic) bond motifs is 1. The van der Waals surface area contributed by atoms with Crippen molar-refractivity contribution in [2.75, 3.05) is 13.1 Å². The Hall–Kier alpha value is -3.42. The summed E-state index contributed by atoms with van der Waals surface area (Å²) in [6, 6.07) is 11.8. The van der Waals surface area contributed by atoms with E-state index in [1.807, 2.05) is 67.0 Å². The number of carbonyl (C=O) groups is 2. The molecule has 0 unspecified atom stereocenters. The van der Waals surface area contributed by atoms with Crippen molar-refractivity contribution in [2.45, 2.75) is 70.6 Å². The predicted octanol–water partition coefficient (Wildman–Crippen LogP) is 4.79. The number of hydrogen-bond acceptors (Lipinski definition) is 5. The van der Waals surface area contributed by atoms with Crippen molar-refractivity contribution < 1.29 is 14.3 Å². The van der Waals surface area contributed by atoms with E-state index in [1.54, 1.807) is 16.9 Å². The Balaban J connectivity index is 1.44. The summed E-state index contributed by atoms with van der Waals surface area (Å²) in [6.07, 6.45) is 7.72. The number of piperidine rings is 1. The molecule has 0 radical (unpaired) electrons. The molecule has 0 bridgehead atoms. The van der Waals surface area contributed by atoms with Crippen LogP contribution in [-0.4, -0.2) is 67.2 Å². The smallest absolute Gasteiger partial charge is 0.410 e. The average molecular weight is 476 g/mol. The summed E-state index contributed by atoms with van der Waals surface area (Å²) >= 11 is 0. The second-order valence-electron chi connectivity index (χ2n) is 10.4. The maximum atomic E-state index is 13.9. The predicted molar refractivity (Wildman–Crippen MR) is 133 cm³/mol. The van der Waals surface area contributed by atoms with Crippen LogP contribution in [0.25, 0.3) is 16.9 Å². The zero-order valence-electron chi connectivity index (χ0n) is 20.7. The van der Waals surface area contributed by atoms with Crippen LogP contribution in [0.4, 0.5) is 4.79 Å². The van der Waals surface area contributed by atoms with E-state index in [1.165, 1.54) is 0 Å². The normalized spacial score (nSPS) is 20.9. The van der Waals surface area contributed by atoms with Crippen molar-refractivity contribution in [1.82, 2.24) is 24.4 Å². The third kappa shape index (κ3) is 4.61. The summed E-state index contributed by atoms with van der Waals surface area (Å²) in [5, 5.41) is 4.54. The molecular formula is C27H33N5O3. The highest BCUT2D eigenvalue weighted by atomic mass is 16.6. The van der Waals surface area contributed by atoms with E-state index in [4.69, 9.17) is 4.74 Å². The second kappa shape index (κ2) is 9.32. The third-order valence-electron chi connectivity index (χ3n) is 6.88. The van der Waals surface area contributed by atoms with Crippen LogP contribution < -0.4 is 0 Å². The van der Waals surface area contributed by atoms with Crippen molar-refractivity contribution in [2.24, 2.45) is 0 Å². The van der Waals surface area contributed by atoms with Gasteiger partial charge in [0.1, 0.15) is 11.2 Å². The number of hydrogen-bond donors (Lipinski definition) is 0. The van der Waals surface area contributed by atoms with Gasteiger partial charge in [-0.2, -0.15) is 5.10 Å². The Morgan fingerprint density at radius 2 is 1.66 bits per heavy atom. The van der Waals surface area contributed by atoms with Gasteiger partial charge in [0.15, 0.2) is 5.65 Å². The largest absolute Gasteiger partial charge is 0.444 e. The molecule has 8 heteroatoms. The summed E-state index contributed by atoms with van der Waals surface area (Å²) in [7, 11) is 0. The Morgan fingerprint density at radius 3 is 2.43 bits per heavy atom. The van der Waals surface area contributed by atoms with E-state index in [0.29, 0.717) is 24.3 Å². The van der Waals surface area contributed by atoms with Crippen LogP contribution >= 0.6 is 0 Å². The molecule has 5 rings (SSSR count). The highest BCUT2D eigenvalue weighted by molar-refractivity contribution is 6.00. The minimum absolute atomic E-state index is 0.0382. The standard InChI is InChI=1S/C27H33N5O3/c1-27(2,3)35-26(34)31-17-9-13-23(31)22-12-7-8-16-30(22)25(33)20-18-29-32-21(14-15-28-24(20)32)19-10-5-4-6-11-19/h4-6,10-11,14-15,18,22-23H,7-9,12-13,16-17H2,1-3H3/t22-,23-/m1/s1. The first-order valence-corrected chi connectivity index (χ1v) is 12.5. The van der Waals surface area contributed by atoms with Crippen LogP contribution in [-0.2, 0) is 4.74 Å². The number of nitrogens with zero attached hydrogens (tertiary/aromatic N) is 5. The van der Waals surface area contributed by atoms with Crippen molar-refractivity contribution in [1.29, 1.82) is 0 Å². The Bertz CT molecular complexity index is 1220. The molecule has 0 N–H and O–H groups in total. The molecule has 2 fully saturated rings. The van der Waals surface area contributed by atoms with Crippen LogP contribution in [0.3, 0.4) is 0 Å². The molecule has 4 heterocycles. The molecule has 2 aliphatic rings. The molecule has 0 aliphatic carbocycles. The fourth-order valence-corrected chi connectivity index (χ4v) is 5.37. The number of carbonyl (C=O) groups excluding carboxylic acids is 2. The number of amides is 2. The molecule has 184 valence electrons. The average Bonchev–Trinajstić information content (AvgIpc) is 3.51. The maximum Gasteiger partial charge on any atom is 0.410 e. The Labute approximate surface area is 205 Å². The lowest BCUT2D eigenvalue weighted by atomic mass is 9.93. The molecule has 0 saturated carbocycles. The summed E-state index contributed by atoms with van der Waals surface area (Å²) in [4.78, 5) is 35.1. The van der Waals surface area contributed by atoms with Gasteiger partial charge in [0.05, 0.1) is 24.0 Å². The third-order valence-corrected chi connectivity index (χ3v) is 6.88. The highest BCUT2D eigenvalue weighted by Crippen LogP contribution is 2.32. The molecule has 35 heavy (non-hydrogen) atoms. The minimum Gasteiger partial charge on any atom is -0.444 e. The van der Waals surface area contributed by atoms with Gasteiger partial charge in [-0.15, -0.1) is 0 Å². The second-order valence-corrected chi connectivity index (χ2v) is 10.4. The van der Waals surface area contributed by atoms with Gasteiger partial charge in [0.25, 0.3) is 5.91 Å². The van der Waals surface area contributed by atoms with E-state index in [-0.39, 0.29) is 24.1 Å². The van der Waals surface area contributed by atoms with Crippen molar-refractivity contribution in [3.63, 3.8) is 0 Å². The summed E-state index contributed by atoms with van der Waals surface area (Å²) in [5.41, 5.74) is 2.40. The molecule has 2 amide bonds. The van der Waals surface area contributed by atoms with Crippen LogP contribution in [0.1, 0.15) is 63.2 Å². The molecule has 1 aromatic carbocycles. The summed E-state index contributed by atoms with van der Waals surface area (Å²) < 4.78 is 7.42. The topological polar surface area (TPSA) is 80.0 Å². The minimum atomic E-state index is -0.550. The van der Waals surface area contributed by atoms with Gasteiger partial charge in [-0.25, -0.2) is 14.3 Å². The van der Waals surface area contributed by atoms with Crippen molar-refractivity contribution in [3.8, 4) is 11.3 Å². The molecule has 2 aliphatic heterocycles. The van der Waals surface area contributed by atoms with E-state index >= 15 is 0 Å². The molecule has 8 nitrogen and oxygen atoms in total. The number of aromatic nitrogens is 3. The van der Waals surface area contributed by atoms with Crippen LogP contribution in [0.2, 0.25) is 0 Å². The van der Waals surface area contributed by atoms with Gasteiger partial charge in [-0.05, 0) is 58.9 Å². The first-order valence-electron chi connectivity index (χ1n) is 12.5. The van der Waals surface area contributed by atoms with Gasteiger partial charge >= 0.3 is 6.09 Å². The number of ether oxygens (including phenoxy) is 1. The van der Waals surface area contributed by atoms with Crippen LogP contribution in [0.5, 0.6) is 0 Å².